The van der Waals surface area contributed by atoms with Crippen LogP contribution >= 0.6 is 0 Å². The molecule has 0 aliphatic carbocycles. The maximum absolute atomic E-state index is 13.6. The fourth-order valence-electron chi connectivity index (χ4n) is 3.05. The molecule has 0 amide bonds. The van der Waals surface area contributed by atoms with Crippen molar-refractivity contribution in [2.75, 3.05) is 20.2 Å². The van der Waals surface area contributed by atoms with E-state index in [1.54, 1.807) is 0 Å². The van der Waals surface area contributed by atoms with Crippen molar-refractivity contribution in [1.29, 1.82) is 0 Å². The largest absolute Gasteiger partial charge is 0.495 e. The first-order valence-corrected chi connectivity index (χ1v) is 11.1. The summed E-state index contributed by atoms with van der Waals surface area (Å²) in [6.07, 6.45) is 1.50. The van der Waals surface area contributed by atoms with Crippen LogP contribution in [0.5, 0.6) is 5.75 Å². The van der Waals surface area contributed by atoms with Gasteiger partial charge >= 0.3 is 0 Å². The number of sulfone groups is 1. The minimum absolute atomic E-state index is 0.0102. The monoisotopic (exact) mass is 418 g/mol. The predicted octanol–water partition coefficient (Wildman–Crippen LogP) is 0.590. The van der Waals surface area contributed by atoms with Gasteiger partial charge in [0.15, 0.2) is 0 Å². The van der Waals surface area contributed by atoms with E-state index >= 15 is 0 Å². The van der Waals surface area contributed by atoms with Gasteiger partial charge < -0.3 is 9.30 Å². The van der Waals surface area contributed by atoms with Gasteiger partial charge in [0.25, 0.3) is 0 Å². The molecule has 0 N–H and O–H groups in total. The molecule has 3 rings (SSSR count). The van der Waals surface area contributed by atoms with Crippen LogP contribution in [0.3, 0.4) is 0 Å². The van der Waals surface area contributed by atoms with Crippen molar-refractivity contribution in [2.24, 2.45) is 7.05 Å². The van der Waals surface area contributed by atoms with Crippen LogP contribution < -0.4 is 4.74 Å². The quantitative estimate of drug-likeness (QED) is 0.699. The Morgan fingerprint density at radius 3 is 2.41 bits per heavy atom. The highest BCUT2D eigenvalue weighted by Crippen LogP contribution is 2.31. The van der Waals surface area contributed by atoms with E-state index in [4.69, 9.17) is 4.74 Å². The van der Waals surface area contributed by atoms with E-state index < -0.39 is 30.9 Å². The molecule has 1 aliphatic heterocycles. The third-order valence-electron chi connectivity index (χ3n) is 4.51. The summed E-state index contributed by atoms with van der Waals surface area (Å²) in [7, 11) is -4.91. The molecule has 148 valence electrons. The van der Waals surface area contributed by atoms with Crippen molar-refractivity contribution >= 4 is 19.9 Å². The summed E-state index contributed by atoms with van der Waals surface area (Å²) in [5.41, 5.74) is 0. The Hall–Kier alpha value is -2.05. The summed E-state index contributed by atoms with van der Waals surface area (Å²) >= 11 is 0. The van der Waals surface area contributed by atoms with E-state index in [1.165, 1.54) is 31.1 Å². The van der Waals surface area contributed by atoms with Crippen LogP contribution in [0.1, 0.15) is 12.8 Å². The van der Waals surface area contributed by atoms with Crippen LogP contribution in [0, 0.1) is 5.82 Å². The standard InChI is InChI=1S/C15H19FN4O5S2/c1-19-10-17-18-15(19)26(21,22)12-5-7-20(8-6-12)27(23,24)14-9-11(16)3-4-13(14)25-2/h3-4,9-10,12H,5-8H2,1-2H3. The molecule has 1 saturated heterocycles. The summed E-state index contributed by atoms with van der Waals surface area (Å²) in [5.74, 6) is -0.667. The number of rotatable bonds is 5. The highest BCUT2D eigenvalue weighted by atomic mass is 32.2. The number of aryl methyl sites for hydroxylation is 1. The summed E-state index contributed by atoms with van der Waals surface area (Å²) in [6.45, 7) is -0.0203. The second-order valence-electron chi connectivity index (χ2n) is 6.17. The first-order chi connectivity index (χ1) is 12.7. The Kier molecular flexibility index (Phi) is 5.23. The van der Waals surface area contributed by atoms with E-state index in [2.05, 4.69) is 10.2 Å². The van der Waals surface area contributed by atoms with Gasteiger partial charge in [0, 0.05) is 20.1 Å². The molecule has 0 unspecified atom stereocenters. The van der Waals surface area contributed by atoms with Crippen LogP contribution in [0.25, 0.3) is 0 Å². The fourth-order valence-corrected chi connectivity index (χ4v) is 6.43. The number of nitrogens with zero attached hydrogens (tertiary/aromatic N) is 4. The molecule has 1 aromatic carbocycles. The van der Waals surface area contributed by atoms with E-state index in [0.717, 1.165) is 16.4 Å². The van der Waals surface area contributed by atoms with E-state index in [-0.39, 0.29) is 41.7 Å². The maximum Gasteiger partial charge on any atom is 0.249 e. The molecule has 12 heteroatoms. The average molecular weight is 418 g/mol. The predicted molar refractivity (Wildman–Crippen MR) is 92.9 cm³/mol. The first-order valence-electron chi connectivity index (χ1n) is 8.09. The zero-order chi connectivity index (χ0) is 19.8. The summed E-state index contributed by atoms with van der Waals surface area (Å²) < 4.78 is 72.1. The number of sulfonamides is 1. The molecule has 0 spiro atoms. The number of methoxy groups -OCH3 is 1. The summed E-state index contributed by atoms with van der Waals surface area (Å²) in [5, 5.41) is 6.32. The molecule has 27 heavy (non-hydrogen) atoms. The van der Waals surface area contributed by atoms with Crippen molar-refractivity contribution in [3.05, 3.63) is 30.3 Å². The van der Waals surface area contributed by atoms with Gasteiger partial charge in [0.2, 0.25) is 25.0 Å². The molecular formula is C15H19FN4O5S2. The van der Waals surface area contributed by atoms with Gasteiger partial charge in [-0.15, -0.1) is 10.2 Å². The van der Waals surface area contributed by atoms with E-state index in [1.807, 2.05) is 0 Å². The average Bonchev–Trinajstić information content (AvgIpc) is 3.08. The van der Waals surface area contributed by atoms with Crippen molar-refractivity contribution in [3.8, 4) is 5.75 Å². The minimum atomic E-state index is -4.02. The molecule has 9 nitrogen and oxygen atoms in total. The maximum atomic E-state index is 13.6. The number of halogens is 1. The Labute approximate surface area is 156 Å². The van der Waals surface area contributed by atoms with Crippen molar-refractivity contribution in [1.82, 2.24) is 19.1 Å². The van der Waals surface area contributed by atoms with Gasteiger partial charge in [-0.05, 0) is 31.0 Å². The lowest BCUT2D eigenvalue weighted by Crippen LogP contribution is -2.42. The zero-order valence-corrected chi connectivity index (χ0v) is 16.4. The topological polar surface area (TPSA) is 111 Å². The number of ether oxygens (including phenoxy) is 1. The molecule has 0 radical (unpaired) electrons. The van der Waals surface area contributed by atoms with Gasteiger partial charge in [-0.2, -0.15) is 4.31 Å². The summed E-state index contributed by atoms with van der Waals surface area (Å²) in [4.78, 5) is -0.278. The highest BCUT2D eigenvalue weighted by molar-refractivity contribution is 7.92. The number of piperidine rings is 1. The molecule has 0 atom stereocenters. The van der Waals surface area contributed by atoms with Gasteiger partial charge in [-0.3, -0.25) is 0 Å². The second kappa shape index (κ2) is 7.17. The first kappa shape index (κ1) is 19.7. The molecule has 1 aromatic heterocycles. The van der Waals surface area contributed by atoms with Gasteiger partial charge in [0.1, 0.15) is 22.8 Å². The normalized spacial score (nSPS) is 17.1. The third-order valence-corrected chi connectivity index (χ3v) is 8.66. The second-order valence-corrected chi connectivity index (χ2v) is 10.2. The number of hydrogen-bond acceptors (Lipinski definition) is 7. The Balaban J connectivity index is 1.82. The Morgan fingerprint density at radius 1 is 1.19 bits per heavy atom. The molecule has 2 heterocycles. The van der Waals surface area contributed by atoms with Gasteiger partial charge in [-0.25, -0.2) is 21.2 Å². The number of hydrogen-bond donors (Lipinski definition) is 0. The Morgan fingerprint density at radius 2 is 1.85 bits per heavy atom. The minimum Gasteiger partial charge on any atom is -0.495 e. The van der Waals surface area contributed by atoms with Gasteiger partial charge in [0.05, 0.1) is 12.4 Å². The van der Waals surface area contributed by atoms with Crippen molar-refractivity contribution < 1.29 is 26.0 Å². The van der Waals surface area contributed by atoms with Crippen LogP contribution in [0.4, 0.5) is 4.39 Å². The van der Waals surface area contributed by atoms with Crippen molar-refractivity contribution in [2.45, 2.75) is 28.1 Å². The lowest BCUT2D eigenvalue weighted by Gasteiger charge is -2.30. The molecule has 1 aliphatic rings. The van der Waals surface area contributed by atoms with E-state index in [9.17, 15) is 21.2 Å². The number of aromatic nitrogens is 3. The Bertz CT molecular complexity index is 1040. The lowest BCUT2D eigenvalue weighted by atomic mass is 10.2. The van der Waals surface area contributed by atoms with Gasteiger partial charge in [-0.1, -0.05) is 0 Å². The molecule has 0 saturated carbocycles. The highest BCUT2D eigenvalue weighted by Gasteiger charge is 2.38. The van der Waals surface area contributed by atoms with E-state index in [0.29, 0.717) is 0 Å². The smallest absolute Gasteiger partial charge is 0.249 e. The molecule has 2 aromatic rings. The van der Waals surface area contributed by atoms with Crippen LogP contribution in [0.2, 0.25) is 0 Å². The zero-order valence-electron chi connectivity index (χ0n) is 14.7. The molecule has 0 bridgehead atoms. The third kappa shape index (κ3) is 3.56. The number of benzene rings is 1. The lowest BCUT2D eigenvalue weighted by molar-refractivity contribution is 0.340. The summed E-state index contributed by atoms with van der Waals surface area (Å²) in [6, 6.07) is 3.25. The fraction of sp³-hybridized carbons (Fsp3) is 0.467. The SMILES string of the molecule is COc1ccc(F)cc1S(=O)(=O)N1CCC(S(=O)(=O)c2nncn2C)CC1. The van der Waals surface area contributed by atoms with Crippen LogP contribution in [0.15, 0.2) is 34.6 Å². The van der Waals surface area contributed by atoms with Crippen LogP contribution in [-0.2, 0) is 26.9 Å². The molecular weight excluding hydrogens is 399 g/mol. The van der Waals surface area contributed by atoms with Crippen LogP contribution in [-0.4, -0.2) is 61.4 Å². The van der Waals surface area contributed by atoms with Crippen molar-refractivity contribution in [3.63, 3.8) is 0 Å². The molecule has 1 fully saturated rings.